The van der Waals surface area contributed by atoms with Crippen LogP contribution in [0.15, 0.2) is 30.3 Å². The van der Waals surface area contributed by atoms with Crippen molar-refractivity contribution in [3.05, 3.63) is 47.0 Å². The normalized spacial score (nSPS) is 19.0. The molecule has 5 heteroatoms. The molecule has 1 heterocycles. The van der Waals surface area contributed by atoms with Gasteiger partial charge < -0.3 is 9.42 Å². The van der Waals surface area contributed by atoms with E-state index >= 15 is 0 Å². The van der Waals surface area contributed by atoms with Crippen molar-refractivity contribution in [3.63, 3.8) is 0 Å². The van der Waals surface area contributed by atoms with Crippen molar-refractivity contribution in [2.24, 2.45) is 0 Å². The van der Waals surface area contributed by atoms with Crippen molar-refractivity contribution in [3.8, 4) is 16.9 Å². The van der Waals surface area contributed by atoms with Gasteiger partial charge in [-0.25, -0.2) is 4.57 Å². The Morgan fingerprint density at radius 3 is 1.79 bits per heavy atom. The average Bonchev–Trinajstić information content (AvgIpc) is 2.50. The number of hydrogen-bond donors (Lipinski definition) is 1. The fourth-order valence-electron chi connectivity index (χ4n) is 3.55. The first-order valence-corrected chi connectivity index (χ1v) is 11.5. The third-order valence-electron chi connectivity index (χ3n) is 5.44. The van der Waals surface area contributed by atoms with Gasteiger partial charge in [0, 0.05) is 16.7 Å². The SMILES string of the molecule is CC(C)(C)c1cc2c(c(C(C)(C)C)c1)OP(=O)(O)c1cc(C(C)(C)C)ccc1-2.[LiH]. The number of rotatable bonds is 0. The van der Waals surface area contributed by atoms with Gasteiger partial charge in [0.05, 0.1) is 5.30 Å². The van der Waals surface area contributed by atoms with Gasteiger partial charge in [-0.05, 0) is 39.5 Å². The van der Waals surface area contributed by atoms with Crippen LogP contribution in [0.4, 0.5) is 0 Å². The molecule has 3 nitrogen and oxygen atoms in total. The van der Waals surface area contributed by atoms with E-state index in [-0.39, 0.29) is 35.1 Å². The molecule has 0 spiro atoms. The zero-order valence-electron chi connectivity index (χ0n) is 18.6. The third-order valence-corrected chi connectivity index (χ3v) is 6.85. The van der Waals surface area contributed by atoms with Crippen LogP contribution in [0.2, 0.25) is 0 Å². The predicted octanol–water partition coefficient (Wildman–Crippen LogP) is 5.80. The standard InChI is InChI=1S/C24H33O3P.Li.H/c1-22(2,3)15-10-11-17-18-12-16(23(4,5)6)13-19(24(7,8)9)21(18)27-28(25,26)20(17)14-15;;/h10-14H,1-9H3,(H,25,26);;. The summed E-state index contributed by atoms with van der Waals surface area (Å²) in [6.45, 7) is 19.2. The molecule has 1 atom stereocenters. The summed E-state index contributed by atoms with van der Waals surface area (Å²) in [6, 6.07) is 10.2. The molecule has 1 N–H and O–H groups in total. The van der Waals surface area contributed by atoms with E-state index < -0.39 is 7.60 Å². The Labute approximate surface area is 188 Å². The molecule has 29 heavy (non-hydrogen) atoms. The molecule has 0 saturated heterocycles. The second-order valence-corrected chi connectivity index (χ2v) is 12.7. The zero-order valence-corrected chi connectivity index (χ0v) is 19.5. The minimum atomic E-state index is -3.96. The molecule has 0 aliphatic carbocycles. The van der Waals surface area contributed by atoms with Crippen LogP contribution in [-0.4, -0.2) is 23.8 Å². The first kappa shape index (κ1) is 24.3. The van der Waals surface area contributed by atoms with Crippen LogP contribution in [0.25, 0.3) is 11.1 Å². The summed E-state index contributed by atoms with van der Waals surface area (Å²) in [5.74, 6) is 0.544. The van der Waals surface area contributed by atoms with Crippen molar-refractivity contribution in [2.75, 3.05) is 0 Å². The Morgan fingerprint density at radius 1 is 0.759 bits per heavy atom. The first-order valence-electron chi connectivity index (χ1n) is 9.89. The maximum absolute atomic E-state index is 13.2. The van der Waals surface area contributed by atoms with Crippen molar-refractivity contribution in [1.82, 2.24) is 0 Å². The fraction of sp³-hybridized carbons (Fsp3) is 0.500. The van der Waals surface area contributed by atoms with Gasteiger partial charge in [-0.15, -0.1) is 0 Å². The molecule has 0 aromatic heterocycles. The molecule has 2 aromatic rings. The molecule has 154 valence electrons. The van der Waals surface area contributed by atoms with E-state index in [0.29, 0.717) is 11.1 Å². The summed E-state index contributed by atoms with van der Waals surface area (Å²) in [4.78, 5) is 10.8. The van der Waals surface area contributed by atoms with E-state index in [0.717, 1.165) is 22.3 Å². The third kappa shape index (κ3) is 4.55. The van der Waals surface area contributed by atoms with E-state index in [1.165, 1.54) is 5.56 Å². The van der Waals surface area contributed by atoms with Crippen LogP contribution in [-0.2, 0) is 20.8 Å². The van der Waals surface area contributed by atoms with Crippen LogP contribution < -0.4 is 9.83 Å². The van der Waals surface area contributed by atoms with Gasteiger partial charge in [0.1, 0.15) is 5.75 Å². The fourth-order valence-corrected chi connectivity index (χ4v) is 4.89. The molecule has 2 aromatic carbocycles. The summed E-state index contributed by atoms with van der Waals surface area (Å²) in [6.07, 6.45) is 0. The molecule has 1 unspecified atom stereocenters. The van der Waals surface area contributed by atoms with Crippen LogP contribution in [0, 0.1) is 0 Å². The van der Waals surface area contributed by atoms with E-state index in [1.807, 2.05) is 12.1 Å². The Morgan fingerprint density at radius 2 is 1.31 bits per heavy atom. The maximum atomic E-state index is 13.2. The summed E-state index contributed by atoms with van der Waals surface area (Å²) >= 11 is 0. The summed E-state index contributed by atoms with van der Waals surface area (Å²) in [5, 5.41) is 0.401. The Kier molecular flexibility index (Phi) is 6.13. The van der Waals surface area contributed by atoms with Gasteiger partial charge in [0.25, 0.3) is 0 Å². The van der Waals surface area contributed by atoms with Gasteiger partial charge in [0.2, 0.25) is 0 Å². The topological polar surface area (TPSA) is 46.5 Å². The van der Waals surface area contributed by atoms with Gasteiger partial charge >= 0.3 is 26.5 Å². The van der Waals surface area contributed by atoms with Crippen LogP contribution in [0.3, 0.4) is 0 Å². The van der Waals surface area contributed by atoms with E-state index in [1.54, 1.807) is 0 Å². The minimum absolute atomic E-state index is 0. The second-order valence-electron chi connectivity index (χ2n) is 11.0. The molecule has 3 rings (SSSR count). The summed E-state index contributed by atoms with van der Waals surface area (Å²) in [5.41, 5.74) is 4.53. The molecule has 0 bridgehead atoms. The van der Waals surface area contributed by atoms with Crippen molar-refractivity contribution < 1.29 is 14.0 Å². The molecular weight excluding hydrogens is 374 g/mol. The van der Waals surface area contributed by atoms with Crippen molar-refractivity contribution in [1.29, 1.82) is 0 Å². The van der Waals surface area contributed by atoms with Crippen LogP contribution in [0.1, 0.15) is 79.0 Å². The Balaban J connectivity index is 0.00000300. The average molecular weight is 408 g/mol. The molecule has 0 saturated carbocycles. The van der Waals surface area contributed by atoms with Gasteiger partial charge in [-0.3, -0.25) is 0 Å². The van der Waals surface area contributed by atoms with Gasteiger partial charge in [0.15, 0.2) is 0 Å². The zero-order chi connectivity index (χ0) is 21.3. The van der Waals surface area contributed by atoms with Crippen molar-refractivity contribution >= 4 is 31.8 Å². The summed E-state index contributed by atoms with van der Waals surface area (Å²) in [7, 11) is -3.96. The Hall–Kier alpha value is -0.973. The monoisotopic (exact) mass is 408 g/mol. The number of hydrogen-bond acceptors (Lipinski definition) is 2. The summed E-state index contributed by atoms with van der Waals surface area (Å²) < 4.78 is 19.0. The second kappa shape index (κ2) is 7.32. The van der Waals surface area contributed by atoms with E-state index in [9.17, 15) is 9.46 Å². The molecule has 0 fully saturated rings. The van der Waals surface area contributed by atoms with Gasteiger partial charge in [-0.1, -0.05) is 80.5 Å². The molecule has 1 aliphatic heterocycles. The molecule has 1 aliphatic rings. The van der Waals surface area contributed by atoms with Crippen LogP contribution in [0.5, 0.6) is 5.75 Å². The number of fused-ring (bicyclic) bond motifs is 3. The molecular formula is C24H34LiO3P. The molecule has 0 amide bonds. The van der Waals surface area contributed by atoms with E-state index in [2.05, 4.69) is 80.5 Å². The van der Waals surface area contributed by atoms with E-state index in [4.69, 9.17) is 4.52 Å². The van der Waals surface area contributed by atoms with Crippen LogP contribution >= 0.6 is 7.60 Å². The quantitative estimate of drug-likeness (QED) is 0.443. The predicted molar refractivity (Wildman–Crippen MR) is 125 cm³/mol. The first-order chi connectivity index (χ1) is 12.5. The molecule has 0 radical (unpaired) electrons. The van der Waals surface area contributed by atoms with Crippen molar-refractivity contribution in [2.45, 2.75) is 78.6 Å². The number of benzene rings is 2. The Bertz CT molecular complexity index is 989. The van der Waals surface area contributed by atoms with Gasteiger partial charge in [-0.2, -0.15) is 0 Å².